The number of esters is 1. The molecule has 0 aromatic carbocycles. The van der Waals surface area contributed by atoms with Gasteiger partial charge in [0.25, 0.3) is 0 Å². The quantitative estimate of drug-likeness (QED) is 0.588. The average Bonchev–Trinajstić information content (AvgIpc) is 2.19. The number of rotatable bonds is 4. The molecule has 0 rings (SSSR count). The van der Waals surface area contributed by atoms with E-state index >= 15 is 0 Å². The van der Waals surface area contributed by atoms with Crippen molar-refractivity contribution in [1.29, 1.82) is 0 Å². The smallest absolute Gasteiger partial charge is 0.412 e. The fraction of sp³-hybridized carbons (Fsp3) is 0.857. The highest BCUT2D eigenvalue weighted by Crippen LogP contribution is 2.15. The van der Waals surface area contributed by atoms with Crippen LogP contribution in [0.2, 0.25) is 0 Å². The van der Waals surface area contributed by atoms with Gasteiger partial charge in [-0.2, -0.15) is 0 Å². The molecule has 118 valence electrons. The fourth-order valence-electron chi connectivity index (χ4n) is 1.30. The zero-order valence-corrected chi connectivity index (χ0v) is 13.8. The molecule has 0 saturated carbocycles. The largest absolute Gasteiger partial charge is 0.458 e. The monoisotopic (exact) mass is 289 g/mol. The predicted octanol–water partition coefficient (Wildman–Crippen LogP) is 2.56. The number of hydrogen-bond donors (Lipinski definition) is 0. The Morgan fingerprint density at radius 1 is 1.00 bits per heavy atom. The third kappa shape index (κ3) is 7.33. The average molecular weight is 289 g/mol. The van der Waals surface area contributed by atoms with Crippen molar-refractivity contribution in [3.8, 4) is 0 Å². The number of nitrogens with zero attached hydrogens (tertiary/aromatic N) is 1. The first-order valence-corrected chi connectivity index (χ1v) is 6.59. The summed E-state index contributed by atoms with van der Waals surface area (Å²) in [5.41, 5.74) is -1.26. The van der Waals surface area contributed by atoms with Crippen LogP contribution in [0.15, 0.2) is 0 Å². The molecule has 0 aliphatic rings. The van der Waals surface area contributed by atoms with Crippen LogP contribution >= 0.6 is 0 Å². The first-order chi connectivity index (χ1) is 8.87. The molecule has 0 fully saturated rings. The van der Waals surface area contributed by atoms with E-state index in [1.54, 1.807) is 48.5 Å². The molecule has 0 heterocycles. The van der Waals surface area contributed by atoms with Crippen molar-refractivity contribution < 1.29 is 23.8 Å². The lowest BCUT2D eigenvalue weighted by Crippen LogP contribution is -2.48. The highest BCUT2D eigenvalue weighted by Gasteiger charge is 2.32. The Bertz CT molecular complexity index is 340. The molecule has 0 saturated heterocycles. The minimum absolute atomic E-state index is 0.0463. The summed E-state index contributed by atoms with van der Waals surface area (Å²) in [7, 11) is 1.44. The van der Waals surface area contributed by atoms with Crippen LogP contribution in [0.3, 0.4) is 0 Å². The first-order valence-electron chi connectivity index (χ1n) is 6.59. The molecule has 0 aliphatic heterocycles. The van der Waals surface area contributed by atoms with Gasteiger partial charge in [0.2, 0.25) is 0 Å². The summed E-state index contributed by atoms with van der Waals surface area (Å²) >= 11 is 0. The second kappa shape index (κ2) is 6.92. The van der Waals surface area contributed by atoms with Crippen molar-refractivity contribution in [2.45, 2.75) is 65.7 Å². The summed E-state index contributed by atoms with van der Waals surface area (Å²) in [6.07, 6.45) is -0.613. The summed E-state index contributed by atoms with van der Waals surface area (Å²) in [4.78, 5) is 25.3. The summed E-state index contributed by atoms with van der Waals surface area (Å²) < 4.78 is 15.5. The Morgan fingerprint density at radius 2 is 1.45 bits per heavy atom. The Hall–Kier alpha value is -1.30. The third-order valence-corrected chi connectivity index (χ3v) is 2.11. The van der Waals surface area contributed by atoms with Gasteiger partial charge in [-0.3, -0.25) is 4.90 Å². The molecule has 0 radical (unpaired) electrons. The normalized spacial score (nSPS) is 13.6. The topological polar surface area (TPSA) is 65.1 Å². The maximum atomic E-state index is 12.1. The van der Waals surface area contributed by atoms with Crippen molar-refractivity contribution in [2.24, 2.45) is 0 Å². The molecule has 1 atom stereocenters. The van der Waals surface area contributed by atoms with Gasteiger partial charge in [0.05, 0.1) is 0 Å². The Balaban J connectivity index is 4.90. The summed E-state index contributed by atoms with van der Waals surface area (Å²) in [5.74, 6) is -0.500. The minimum atomic E-state index is -0.788. The molecule has 1 amide bonds. The lowest BCUT2D eigenvalue weighted by molar-refractivity contribution is -0.162. The standard InChI is InChI=1S/C14H27NO5/c1-10(11(16)19-13(2,3)4)15(9-18-8)12(17)20-14(5,6)7/h10H,9H2,1-8H3/t10-/m0/s1. The van der Waals surface area contributed by atoms with E-state index in [0.717, 1.165) is 0 Å². The van der Waals surface area contributed by atoms with E-state index in [9.17, 15) is 9.59 Å². The maximum Gasteiger partial charge on any atom is 0.412 e. The van der Waals surface area contributed by atoms with Gasteiger partial charge in [-0.15, -0.1) is 0 Å². The summed E-state index contributed by atoms with van der Waals surface area (Å²) in [6.45, 7) is 12.1. The molecule has 0 aromatic heterocycles. The van der Waals surface area contributed by atoms with Crippen LogP contribution in [-0.2, 0) is 19.0 Å². The van der Waals surface area contributed by atoms with Crippen LogP contribution < -0.4 is 0 Å². The molecule has 0 aliphatic carbocycles. The number of amides is 1. The molecule has 0 unspecified atom stereocenters. The van der Waals surface area contributed by atoms with E-state index in [2.05, 4.69) is 0 Å². The summed E-state index contributed by atoms with van der Waals surface area (Å²) in [5, 5.41) is 0. The second-order valence-electron chi connectivity index (χ2n) is 6.58. The zero-order chi connectivity index (χ0) is 16.1. The van der Waals surface area contributed by atoms with Crippen molar-refractivity contribution in [3.63, 3.8) is 0 Å². The van der Waals surface area contributed by atoms with Gasteiger partial charge < -0.3 is 14.2 Å². The van der Waals surface area contributed by atoms with E-state index in [1.807, 2.05) is 0 Å². The van der Waals surface area contributed by atoms with Crippen molar-refractivity contribution in [1.82, 2.24) is 4.90 Å². The molecule has 0 spiro atoms. The molecule has 6 nitrogen and oxygen atoms in total. The van der Waals surface area contributed by atoms with Gasteiger partial charge in [0.15, 0.2) is 0 Å². The van der Waals surface area contributed by atoms with Gasteiger partial charge in [-0.1, -0.05) is 0 Å². The number of hydrogen-bond acceptors (Lipinski definition) is 5. The Labute approximate surface area is 121 Å². The van der Waals surface area contributed by atoms with Crippen LogP contribution in [0.4, 0.5) is 4.79 Å². The van der Waals surface area contributed by atoms with Gasteiger partial charge in [-0.05, 0) is 48.5 Å². The van der Waals surface area contributed by atoms with Gasteiger partial charge in [0.1, 0.15) is 24.0 Å². The van der Waals surface area contributed by atoms with Crippen LogP contribution in [0, 0.1) is 0 Å². The Morgan fingerprint density at radius 3 is 1.80 bits per heavy atom. The van der Waals surface area contributed by atoms with E-state index in [-0.39, 0.29) is 6.73 Å². The molecule has 0 bridgehead atoms. The maximum absolute atomic E-state index is 12.1. The molecule has 0 aromatic rings. The molecule has 0 N–H and O–H groups in total. The molecule has 6 heteroatoms. The van der Waals surface area contributed by atoms with Gasteiger partial charge >= 0.3 is 12.1 Å². The minimum Gasteiger partial charge on any atom is -0.458 e. The highest BCUT2D eigenvalue weighted by molar-refractivity contribution is 5.81. The molecule has 20 heavy (non-hydrogen) atoms. The van der Waals surface area contributed by atoms with E-state index < -0.39 is 29.3 Å². The Kier molecular flexibility index (Phi) is 6.47. The SMILES string of the molecule is COCN(C(=O)OC(C)(C)C)[C@@H](C)C(=O)OC(C)(C)C. The van der Waals surface area contributed by atoms with E-state index in [0.29, 0.717) is 0 Å². The van der Waals surface area contributed by atoms with Crippen molar-refractivity contribution in [3.05, 3.63) is 0 Å². The summed E-state index contributed by atoms with van der Waals surface area (Å²) in [6, 6.07) is -0.788. The third-order valence-electron chi connectivity index (χ3n) is 2.11. The molecular weight excluding hydrogens is 262 g/mol. The lowest BCUT2D eigenvalue weighted by Gasteiger charge is -2.31. The second-order valence-corrected chi connectivity index (χ2v) is 6.58. The zero-order valence-electron chi connectivity index (χ0n) is 13.8. The fourth-order valence-corrected chi connectivity index (χ4v) is 1.30. The van der Waals surface area contributed by atoms with Gasteiger partial charge in [0, 0.05) is 7.11 Å². The van der Waals surface area contributed by atoms with Gasteiger partial charge in [-0.25, -0.2) is 9.59 Å². The first kappa shape index (κ1) is 18.7. The number of methoxy groups -OCH3 is 1. The number of ether oxygens (including phenoxy) is 3. The van der Waals surface area contributed by atoms with Crippen LogP contribution in [0.1, 0.15) is 48.5 Å². The lowest BCUT2D eigenvalue weighted by atomic mass is 10.2. The number of carbonyl (C=O) groups is 2. The van der Waals surface area contributed by atoms with Crippen molar-refractivity contribution in [2.75, 3.05) is 13.8 Å². The van der Waals surface area contributed by atoms with Crippen LogP contribution in [0.25, 0.3) is 0 Å². The number of carbonyl (C=O) groups excluding carboxylic acids is 2. The molecular formula is C14H27NO5. The highest BCUT2D eigenvalue weighted by atomic mass is 16.6. The van der Waals surface area contributed by atoms with Crippen molar-refractivity contribution >= 4 is 12.1 Å². The van der Waals surface area contributed by atoms with E-state index in [1.165, 1.54) is 12.0 Å². The van der Waals surface area contributed by atoms with Crippen LogP contribution in [0.5, 0.6) is 0 Å². The van der Waals surface area contributed by atoms with Crippen LogP contribution in [-0.4, -0.2) is 48.0 Å². The van der Waals surface area contributed by atoms with E-state index in [4.69, 9.17) is 14.2 Å². The predicted molar refractivity (Wildman–Crippen MR) is 75.3 cm³/mol.